The van der Waals surface area contributed by atoms with Crippen molar-refractivity contribution in [3.05, 3.63) is 18.2 Å². The third-order valence-corrected chi connectivity index (χ3v) is 23.7. The Balaban J connectivity index is 1.45. The molecule has 4 rings (SSSR count). The van der Waals surface area contributed by atoms with E-state index >= 15 is 0 Å². The molecule has 0 saturated carbocycles. The molecule has 0 unspecified atom stereocenters. The number of aliphatic carboxylic acids is 2. The number of guanidine groups is 1. The van der Waals surface area contributed by atoms with E-state index in [4.69, 9.17) is 34.1 Å². The molecule has 20 amide bonds. The Kier molecular flexibility index (Phi) is 48.3. The van der Waals surface area contributed by atoms with Gasteiger partial charge in [-0.25, -0.2) is 9.78 Å². The van der Waals surface area contributed by atoms with E-state index in [1.54, 1.807) is 13.8 Å². The van der Waals surface area contributed by atoms with Gasteiger partial charge in [0.1, 0.15) is 103 Å². The number of carbonyl (C=O) groups excluding carboxylic acids is 20. The quantitative estimate of drug-likeness (QED) is 0.0125. The maximum atomic E-state index is 14.6. The average Bonchev–Trinajstić information content (AvgIpc) is 1.67. The van der Waals surface area contributed by atoms with E-state index in [-0.39, 0.29) is 95.0 Å². The summed E-state index contributed by atoms with van der Waals surface area (Å²) < 4.78 is 0. The van der Waals surface area contributed by atoms with E-state index < -0.39 is 325 Å². The Hall–Kier alpha value is -11.9. The number of aromatic nitrogens is 2. The number of aromatic amines is 1. The fraction of sp³-hybridized carbons (Fsp3) is 0.671. The van der Waals surface area contributed by atoms with Crippen molar-refractivity contribution < 1.29 is 126 Å². The number of carbonyl (C=O) groups is 22. The molecule has 0 spiro atoms. The summed E-state index contributed by atoms with van der Waals surface area (Å²) in [7, 11) is 0. The van der Waals surface area contributed by atoms with E-state index in [2.05, 4.69) is 140 Å². The first-order chi connectivity index (χ1) is 63.5. The van der Waals surface area contributed by atoms with Crippen LogP contribution >= 0.6 is 50.5 Å². The van der Waals surface area contributed by atoms with Crippen LogP contribution in [0, 0.1) is 23.2 Å². The highest BCUT2D eigenvalue weighted by Gasteiger charge is 2.47. The number of nitrogens with one attached hydrogen (secondary N) is 17. The summed E-state index contributed by atoms with van der Waals surface area (Å²) >= 11 is 16.5. The molecule has 52 nitrogen and oxygen atoms in total. The molecule has 20 atom stereocenters. The number of nitrogens with zero attached hydrogens (tertiary/aromatic N) is 4. The largest absolute Gasteiger partial charge is 0.481 e. The molecule has 0 bridgehead atoms. The number of H-pyrrole nitrogens is 1. The van der Waals surface area contributed by atoms with E-state index in [1.807, 2.05) is 0 Å². The van der Waals surface area contributed by atoms with Gasteiger partial charge in [0.2, 0.25) is 118 Å². The Morgan fingerprint density at radius 3 is 1.23 bits per heavy atom. The molecule has 3 fully saturated rings. The van der Waals surface area contributed by atoms with Crippen molar-refractivity contribution in [2.45, 2.75) is 260 Å². The van der Waals surface area contributed by atoms with Crippen LogP contribution in [0.5, 0.6) is 0 Å². The van der Waals surface area contributed by atoms with E-state index in [9.17, 15) is 126 Å². The summed E-state index contributed by atoms with van der Waals surface area (Å²) in [5.74, 6) is -28.1. The second-order valence-corrected chi connectivity index (χ2v) is 34.8. The van der Waals surface area contributed by atoms with Gasteiger partial charge in [-0.3, -0.25) is 106 Å². The molecular weight excluding hydrogens is 1860 g/mol. The second kappa shape index (κ2) is 56.5. The SMILES string of the molecule is CC[C@H](C)[C@H](NC(=O)[C@H](CCC(N)=O)NC(=O)[C@@H]1CCCN1C(=O)[C@H](CC(N)=O)NC(=O)[C@H](Cc1cnc[nH]1)NC(=O)[C@@H](NC(=O)[C@@H](NC(=O)[C@H](CS)NC(=O)[C@@H](NC(=O)[C@@H]1CCCN1C(=O)[C@H](CC(N)=O)NC(=O)[C@H](CO)NC(=O)[C@H](CS)NC(=O)[C@H](CS)NC(=O)[C@@H]1CCCN1C(=O)[C@H](CC(=O)O)NC(=O)[C@@H](N)CCCNC(=N)N)C(C)C)[C@@H](C)O)C(C)C)C(=O)N[C@@H](CS)C(=O)O. The van der Waals surface area contributed by atoms with Gasteiger partial charge in [-0.2, -0.15) is 50.5 Å². The number of hydrogen-bond acceptors (Lipinski definition) is 31. The van der Waals surface area contributed by atoms with E-state index in [0.717, 1.165) is 21.6 Å². The predicted molar refractivity (Wildman–Crippen MR) is 490 cm³/mol. The van der Waals surface area contributed by atoms with Crippen LogP contribution in [0.2, 0.25) is 0 Å². The topological polar surface area (TPSA) is 829 Å². The minimum atomic E-state index is -1.94. The van der Waals surface area contributed by atoms with Gasteiger partial charge in [-0.1, -0.05) is 48.0 Å². The molecule has 56 heteroatoms. The summed E-state index contributed by atoms with van der Waals surface area (Å²) in [5.41, 5.74) is 28.0. The van der Waals surface area contributed by atoms with Gasteiger partial charge in [-0.15, -0.1) is 0 Å². The predicted octanol–water partition coefficient (Wildman–Crippen LogP) is -11.7. The molecule has 3 saturated heterocycles. The second-order valence-electron chi connectivity index (χ2n) is 33.3. The van der Waals surface area contributed by atoms with Crippen molar-refractivity contribution in [1.29, 1.82) is 5.41 Å². The number of rotatable bonds is 57. The molecule has 1 aromatic rings. The number of hydrogen-bond donors (Lipinski definition) is 30. The number of carboxylic acids is 2. The average molecular weight is 1990 g/mol. The summed E-state index contributed by atoms with van der Waals surface area (Å²) in [5, 5.41) is 84.1. The molecule has 754 valence electrons. The fourth-order valence-electron chi connectivity index (χ4n) is 14.6. The molecular formula is C79H128N26O26S4. The Morgan fingerprint density at radius 1 is 0.452 bits per heavy atom. The third-order valence-electron chi connectivity index (χ3n) is 22.2. The third kappa shape index (κ3) is 36.0. The monoisotopic (exact) mass is 1980 g/mol. The summed E-state index contributed by atoms with van der Waals surface area (Å²) in [6.07, 6.45) is -2.22. The van der Waals surface area contributed by atoms with Crippen LogP contribution < -0.4 is 108 Å². The summed E-state index contributed by atoms with van der Waals surface area (Å²) in [4.78, 5) is 310. The van der Waals surface area contributed by atoms with Gasteiger partial charge < -0.3 is 149 Å². The maximum absolute atomic E-state index is 14.6. The first kappa shape index (κ1) is 115. The number of aliphatic hydroxyl groups is 2. The fourth-order valence-corrected chi connectivity index (χ4v) is 15.6. The number of likely N-dealkylation sites (tertiary alicyclic amines) is 3. The molecule has 0 aromatic carbocycles. The zero-order valence-corrected chi connectivity index (χ0v) is 79.1. The van der Waals surface area contributed by atoms with Crippen molar-refractivity contribution >= 4 is 187 Å². The van der Waals surface area contributed by atoms with Crippen LogP contribution in [-0.4, -0.2) is 352 Å². The minimum Gasteiger partial charge on any atom is -0.481 e. The Labute approximate surface area is 798 Å². The van der Waals surface area contributed by atoms with E-state index in [1.165, 1.54) is 40.2 Å². The van der Waals surface area contributed by atoms with Crippen LogP contribution in [0.25, 0.3) is 0 Å². The highest BCUT2D eigenvalue weighted by molar-refractivity contribution is 7.80. The number of amides is 20. The van der Waals surface area contributed by atoms with Crippen LogP contribution in [0.1, 0.15) is 144 Å². The van der Waals surface area contributed by atoms with Crippen molar-refractivity contribution in [2.24, 2.45) is 46.4 Å². The van der Waals surface area contributed by atoms with Crippen LogP contribution in [0.15, 0.2) is 12.5 Å². The normalized spacial score (nSPS) is 18.4. The highest BCUT2D eigenvalue weighted by Crippen LogP contribution is 2.25. The molecule has 0 aliphatic carbocycles. The lowest BCUT2D eigenvalue weighted by molar-refractivity contribution is -0.146. The zero-order chi connectivity index (χ0) is 102. The van der Waals surface area contributed by atoms with Crippen LogP contribution in [0.4, 0.5) is 0 Å². The first-order valence-corrected chi connectivity index (χ1v) is 46.0. The van der Waals surface area contributed by atoms with Gasteiger partial charge in [0.25, 0.3) is 0 Å². The van der Waals surface area contributed by atoms with Gasteiger partial charge in [0.05, 0.1) is 44.3 Å². The van der Waals surface area contributed by atoms with Gasteiger partial charge in [0, 0.05) is 73.9 Å². The molecule has 4 heterocycles. The molecule has 1 aromatic heterocycles. The molecule has 135 heavy (non-hydrogen) atoms. The number of thiol groups is 4. The maximum Gasteiger partial charge on any atom is 0.327 e. The van der Waals surface area contributed by atoms with Crippen molar-refractivity contribution in [1.82, 2.24) is 104 Å². The number of aliphatic hydroxyl groups excluding tert-OH is 2. The standard InChI is InChI=1S/C79H128N26O26S4/c1-8-36(6)59(73(125)98-49(32-135)78(130)131)101-62(114)40(17-18-53(81)108)89-68(120)50-14-10-20-103(50)75(127)42(24-54(82)109)92-63(115)41(23-38-27-86-33-88-38)90-71(123)58(35(4)5)100-74(126)60(37(7)107)102-67(119)48(31-134)97-72(124)57(34(2)3)99-70(122)52-16-12-22-105(52)76(128)43(25-55(83)110)93-64(116)45(28-106)94-65(117)46(29-132)95-66(118)47(30-133)96-69(121)51-15-11-21-104(51)77(129)44(26-56(111)112)91-61(113)39(80)13-9-19-87-79(84)85/h27,33-37,39-52,57-60,106-107,132-135H,8-26,28-32,80H2,1-7H3,(H2,81,108)(H2,82,109)(H2,83,110)(H,86,88)(H,89,120)(H,90,123)(H,91,113)(H,92,115)(H,93,116)(H,94,117)(H,95,118)(H,96,121)(H,97,124)(H,98,125)(H,99,122)(H,100,126)(H,101,114)(H,102,119)(H,111,112)(H,130,131)(H4,84,85,87)/t36-,37+,39-,40-,41-,42-,43-,44-,45-,46-,47-,48-,49-,50-,51-,52-,57-,58-,59-,60-/m0/s1. The molecule has 0 radical (unpaired) electrons. The Morgan fingerprint density at radius 2 is 0.815 bits per heavy atom. The Bertz CT molecular complexity index is 4410. The minimum absolute atomic E-state index is 0.0234. The lowest BCUT2D eigenvalue weighted by atomic mass is 9.97. The lowest BCUT2D eigenvalue weighted by Crippen LogP contribution is -2.63. The van der Waals surface area contributed by atoms with Crippen LogP contribution in [0.3, 0.4) is 0 Å². The summed E-state index contributed by atoms with van der Waals surface area (Å²) in [6.45, 7) is 8.89. The van der Waals surface area contributed by atoms with E-state index in [0.29, 0.717) is 6.42 Å². The molecule has 3 aliphatic rings. The van der Waals surface area contributed by atoms with Gasteiger partial charge in [0.15, 0.2) is 5.96 Å². The molecule has 3 aliphatic heterocycles. The highest BCUT2D eigenvalue weighted by atomic mass is 32.1. The smallest absolute Gasteiger partial charge is 0.327 e. The van der Waals surface area contributed by atoms with Gasteiger partial charge >= 0.3 is 11.9 Å². The van der Waals surface area contributed by atoms with Crippen LogP contribution in [-0.2, 0) is 112 Å². The zero-order valence-electron chi connectivity index (χ0n) is 75.6. The summed E-state index contributed by atoms with van der Waals surface area (Å²) in [6, 6.07) is -28.7. The van der Waals surface area contributed by atoms with Gasteiger partial charge in [-0.05, 0) is 82.5 Å². The van der Waals surface area contributed by atoms with Crippen molar-refractivity contribution in [3.8, 4) is 0 Å². The number of carboxylic acid groups (broad SMARTS) is 2. The van der Waals surface area contributed by atoms with Crippen molar-refractivity contribution in [3.63, 3.8) is 0 Å². The number of nitrogens with two attached hydrogens (primary N) is 5. The lowest BCUT2D eigenvalue weighted by Gasteiger charge is -2.31. The first-order valence-electron chi connectivity index (χ1n) is 43.5. The molecule has 31 N–H and O–H groups in total. The number of primary amides is 3. The van der Waals surface area contributed by atoms with Crippen molar-refractivity contribution in [2.75, 3.05) is 55.8 Å². The number of imidazole rings is 1.